The molecule has 0 aromatic heterocycles. The number of carbonyl (C=O) groups excluding carboxylic acids is 1. The molecule has 8 atom stereocenters. The van der Waals surface area contributed by atoms with Crippen molar-refractivity contribution in [1.82, 2.24) is 5.32 Å². The number of aliphatic hydroxyl groups excluding tert-OH is 4. The molecule has 1 amide bonds. The predicted octanol–water partition coefficient (Wildman–Crippen LogP) is -0.685. The van der Waals surface area contributed by atoms with Crippen LogP contribution in [-0.4, -0.2) is 89.0 Å². The maximum Gasteiger partial charge on any atom is 0.254 e. The number of methoxy groups -OCH3 is 1. The van der Waals surface area contributed by atoms with Gasteiger partial charge in [0, 0.05) is 31.4 Å². The molecule has 168 valence electrons. The molecule has 0 aliphatic carbocycles. The van der Waals surface area contributed by atoms with Gasteiger partial charge in [-0.15, -0.1) is 0 Å². The van der Waals surface area contributed by atoms with Crippen LogP contribution < -0.4 is 5.32 Å². The van der Waals surface area contributed by atoms with Gasteiger partial charge in [0.1, 0.15) is 12.2 Å². The van der Waals surface area contributed by atoms with E-state index < -0.39 is 47.6 Å². The number of nitrogens with one attached hydrogen (secondary N) is 1. The lowest BCUT2D eigenvalue weighted by atomic mass is 9.75. The van der Waals surface area contributed by atoms with Crippen LogP contribution in [-0.2, 0) is 19.0 Å². The Hall–Kier alpha value is -1.07. The number of hydrogen-bond acceptors (Lipinski definition) is 8. The topological polar surface area (TPSA) is 138 Å². The van der Waals surface area contributed by atoms with E-state index in [1.807, 2.05) is 13.8 Å². The maximum atomic E-state index is 12.6. The van der Waals surface area contributed by atoms with Crippen LogP contribution in [0.25, 0.3) is 0 Å². The summed E-state index contributed by atoms with van der Waals surface area (Å²) in [6.45, 7) is 10.6. The van der Waals surface area contributed by atoms with Gasteiger partial charge in [-0.05, 0) is 6.92 Å². The summed E-state index contributed by atoms with van der Waals surface area (Å²) in [4.78, 5) is 12.6. The standard InChI is InChI=1S/C20H35NO8/c1-10-7-20(27-6,29-12(3)11(10)2)17(25)18(26)21-8-13-15(23)16(24)19(4,5)14(9-22)28-13/h11-17,22-25H,1,7-9H2,2-6H3,(H,21,26)/t11-,12-,13+,14-,15+,16-,17-,20-/m1/s1. The highest BCUT2D eigenvalue weighted by atomic mass is 16.7. The molecular weight excluding hydrogens is 382 g/mol. The number of carbonyl (C=O) groups is 1. The fourth-order valence-electron chi connectivity index (χ4n) is 3.91. The monoisotopic (exact) mass is 417 g/mol. The Morgan fingerprint density at radius 1 is 1.38 bits per heavy atom. The van der Waals surface area contributed by atoms with Crippen molar-refractivity contribution < 1.29 is 39.4 Å². The highest BCUT2D eigenvalue weighted by molar-refractivity contribution is 5.81. The number of rotatable bonds is 6. The fourth-order valence-corrected chi connectivity index (χ4v) is 3.91. The summed E-state index contributed by atoms with van der Waals surface area (Å²) in [5, 5.41) is 43.4. The van der Waals surface area contributed by atoms with Crippen LogP contribution in [0.2, 0.25) is 0 Å². The van der Waals surface area contributed by atoms with Gasteiger partial charge in [-0.25, -0.2) is 0 Å². The van der Waals surface area contributed by atoms with Crippen molar-refractivity contribution in [2.45, 2.75) is 76.5 Å². The lowest BCUT2D eigenvalue weighted by Gasteiger charge is -2.48. The van der Waals surface area contributed by atoms with Crippen molar-refractivity contribution in [2.75, 3.05) is 20.3 Å². The molecule has 0 spiro atoms. The SMILES string of the molecule is C=C1C[C@](OC)([C@H](O)C(=O)NC[C@@H]2O[C@H](CO)C(C)(C)[C@H](O)[C@H]2O)O[C@H](C)[C@@H]1C. The molecule has 0 bridgehead atoms. The van der Waals surface area contributed by atoms with Gasteiger partial charge in [0.2, 0.25) is 5.79 Å². The van der Waals surface area contributed by atoms with E-state index in [0.29, 0.717) is 0 Å². The molecule has 29 heavy (non-hydrogen) atoms. The van der Waals surface area contributed by atoms with Crippen LogP contribution in [0.3, 0.4) is 0 Å². The van der Waals surface area contributed by atoms with Gasteiger partial charge in [-0.3, -0.25) is 4.79 Å². The Morgan fingerprint density at radius 3 is 2.52 bits per heavy atom. The summed E-state index contributed by atoms with van der Waals surface area (Å²) in [6, 6.07) is 0. The van der Waals surface area contributed by atoms with Gasteiger partial charge >= 0.3 is 0 Å². The van der Waals surface area contributed by atoms with Crippen molar-refractivity contribution in [1.29, 1.82) is 0 Å². The van der Waals surface area contributed by atoms with E-state index in [1.165, 1.54) is 7.11 Å². The van der Waals surface area contributed by atoms with Crippen LogP contribution in [0.15, 0.2) is 12.2 Å². The molecule has 0 aromatic rings. The molecule has 0 aromatic carbocycles. The third kappa shape index (κ3) is 4.51. The second-order valence-electron chi connectivity index (χ2n) is 8.71. The largest absolute Gasteiger partial charge is 0.394 e. The molecule has 0 saturated carbocycles. The molecule has 5 N–H and O–H groups in total. The second kappa shape index (κ2) is 8.97. The summed E-state index contributed by atoms with van der Waals surface area (Å²) in [5.74, 6) is -2.27. The average Bonchev–Trinajstić information content (AvgIpc) is 2.68. The molecule has 2 saturated heterocycles. The van der Waals surface area contributed by atoms with Crippen LogP contribution in [0.1, 0.15) is 34.1 Å². The minimum Gasteiger partial charge on any atom is -0.394 e. The Bertz CT molecular complexity index is 607. The number of amides is 1. The first-order chi connectivity index (χ1) is 13.4. The maximum absolute atomic E-state index is 12.6. The van der Waals surface area contributed by atoms with Gasteiger partial charge in [-0.2, -0.15) is 0 Å². The summed E-state index contributed by atoms with van der Waals surface area (Å²) >= 11 is 0. The minimum absolute atomic E-state index is 0.0552. The smallest absolute Gasteiger partial charge is 0.254 e. The quantitative estimate of drug-likeness (QED) is 0.358. The first-order valence-corrected chi connectivity index (χ1v) is 9.90. The van der Waals surface area contributed by atoms with E-state index in [1.54, 1.807) is 13.8 Å². The Balaban J connectivity index is 2.05. The lowest BCUT2D eigenvalue weighted by molar-refractivity contribution is -0.297. The minimum atomic E-state index is -1.64. The molecule has 2 fully saturated rings. The normalized spacial score (nSPS) is 41.1. The number of aliphatic hydroxyl groups is 4. The van der Waals surface area contributed by atoms with E-state index >= 15 is 0 Å². The molecule has 2 rings (SSSR count). The second-order valence-corrected chi connectivity index (χ2v) is 8.71. The molecule has 9 heteroatoms. The van der Waals surface area contributed by atoms with Gasteiger partial charge in [-0.1, -0.05) is 32.9 Å². The molecule has 0 radical (unpaired) electrons. The van der Waals surface area contributed by atoms with Crippen LogP contribution in [0.5, 0.6) is 0 Å². The van der Waals surface area contributed by atoms with E-state index in [4.69, 9.17) is 14.2 Å². The van der Waals surface area contributed by atoms with Gasteiger partial charge in [0.05, 0.1) is 24.9 Å². The van der Waals surface area contributed by atoms with Crippen LogP contribution in [0.4, 0.5) is 0 Å². The third-order valence-corrected chi connectivity index (χ3v) is 6.50. The Labute approximate surface area is 171 Å². The van der Waals surface area contributed by atoms with E-state index in [9.17, 15) is 25.2 Å². The summed E-state index contributed by atoms with van der Waals surface area (Å²) in [6.07, 6.45) is -5.88. The van der Waals surface area contributed by atoms with Crippen molar-refractivity contribution in [3.05, 3.63) is 12.2 Å². The van der Waals surface area contributed by atoms with Gasteiger partial charge in [0.25, 0.3) is 5.91 Å². The zero-order valence-electron chi connectivity index (χ0n) is 17.8. The van der Waals surface area contributed by atoms with E-state index in [-0.39, 0.29) is 31.6 Å². The zero-order chi connectivity index (χ0) is 22.1. The third-order valence-electron chi connectivity index (χ3n) is 6.50. The van der Waals surface area contributed by atoms with E-state index in [0.717, 1.165) is 5.57 Å². The van der Waals surface area contributed by atoms with E-state index in [2.05, 4.69) is 11.9 Å². The number of hydrogen-bond donors (Lipinski definition) is 5. The van der Waals surface area contributed by atoms with Crippen LogP contribution in [0, 0.1) is 11.3 Å². The zero-order valence-corrected chi connectivity index (χ0v) is 17.8. The van der Waals surface area contributed by atoms with Gasteiger partial charge in [0.15, 0.2) is 6.10 Å². The lowest BCUT2D eigenvalue weighted by Crippen LogP contribution is -2.63. The molecule has 2 aliphatic rings. The Kier molecular flexibility index (Phi) is 7.49. The molecule has 2 aliphatic heterocycles. The molecular formula is C20H35NO8. The van der Waals surface area contributed by atoms with Crippen LogP contribution >= 0.6 is 0 Å². The summed E-state index contributed by atoms with van der Waals surface area (Å²) < 4.78 is 16.9. The Morgan fingerprint density at radius 2 is 2.00 bits per heavy atom. The predicted molar refractivity (Wildman–Crippen MR) is 104 cm³/mol. The molecule has 9 nitrogen and oxygen atoms in total. The first kappa shape index (κ1) is 24.2. The summed E-state index contributed by atoms with van der Waals surface area (Å²) in [5.41, 5.74) is -0.0585. The fraction of sp³-hybridized carbons (Fsp3) is 0.850. The summed E-state index contributed by atoms with van der Waals surface area (Å²) in [7, 11) is 1.35. The molecule has 2 heterocycles. The van der Waals surface area contributed by atoms with Crippen molar-refractivity contribution in [3.8, 4) is 0 Å². The molecule has 0 unspecified atom stereocenters. The highest BCUT2D eigenvalue weighted by Gasteiger charge is 2.51. The highest BCUT2D eigenvalue weighted by Crippen LogP contribution is 2.39. The number of ether oxygens (including phenoxy) is 3. The van der Waals surface area contributed by atoms with Gasteiger partial charge < -0.3 is 40.0 Å². The van der Waals surface area contributed by atoms with Crippen molar-refractivity contribution in [3.63, 3.8) is 0 Å². The van der Waals surface area contributed by atoms with Crippen molar-refractivity contribution in [2.24, 2.45) is 11.3 Å². The first-order valence-electron chi connectivity index (χ1n) is 9.90. The van der Waals surface area contributed by atoms with Crippen molar-refractivity contribution >= 4 is 5.91 Å². The average molecular weight is 417 g/mol.